The average Bonchev–Trinajstić information content (AvgIpc) is 3.21. The molecule has 1 aliphatic rings. The molecule has 3 rings (SSSR count). The fourth-order valence-corrected chi connectivity index (χ4v) is 3.57. The minimum atomic E-state index is -0.478. The third kappa shape index (κ3) is 5.11. The van der Waals surface area contributed by atoms with Crippen molar-refractivity contribution in [2.75, 3.05) is 38.0 Å². The number of amides is 2. The van der Waals surface area contributed by atoms with Gasteiger partial charge in [0.2, 0.25) is 5.91 Å². The molecule has 2 amide bonds. The van der Waals surface area contributed by atoms with Gasteiger partial charge in [0.1, 0.15) is 0 Å². The zero-order valence-corrected chi connectivity index (χ0v) is 15.5. The zero-order chi connectivity index (χ0) is 19.2. The molecule has 2 aromatic rings. The van der Waals surface area contributed by atoms with E-state index in [2.05, 4.69) is 10.2 Å². The topological polar surface area (TPSA) is 95.8 Å². The Balaban J connectivity index is 1.40. The molecule has 0 atom stereocenters. The number of non-ortho nitro benzene ring substituents is 1. The van der Waals surface area contributed by atoms with E-state index in [1.54, 1.807) is 0 Å². The Morgan fingerprint density at radius 1 is 1.11 bits per heavy atom. The van der Waals surface area contributed by atoms with Gasteiger partial charge < -0.3 is 10.2 Å². The Bertz CT molecular complexity index is 799. The van der Waals surface area contributed by atoms with Gasteiger partial charge in [-0.3, -0.25) is 24.6 Å². The van der Waals surface area contributed by atoms with Crippen LogP contribution in [0, 0.1) is 10.1 Å². The lowest BCUT2D eigenvalue weighted by Gasteiger charge is -2.34. The first kappa shape index (κ1) is 19.0. The SMILES string of the molecule is O=C(CCN1CCN(C(=O)c2cccs2)CC1)Nc1ccc([N+](=O)[O-])cc1. The van der Waals surface area contributed by atoms with Crippen LogP contribution in [0.3, 0.4) is 0 Å². The highest BCUT2D eigenvalue weighted by atomic mass is 32.1. The first-order valence-electron chi connectivity index (χ1n) is 8.62. The van der Waals surface area contributed by atoms with Crippen LogP contribution in [0.1, 0.15) is 16.1 Å². The molecule has 1 saturated heterocycles. The summed E-state index contributed by atoms with van der Waals surface area (Å²) >= 11 is 1.45. The molecule has 1 fully saturated rings. The van der Waals surface area contributed by atoms with Crippen LogP contribution in [0.4, 0.5) is 11.4 Å². The van der Waals surface area contributed by atoms with Crippen LogP contribution < -0.4 is 5.32 Å². The minimum absolute atomic E-state index is 0.0111. The molecule has 9 heteroatoms. The van der Waals surface area contributed by atoms with Crippen molar-refractivity contribution in [1.29, 1.82) is 0 Å². The number of benzene rings is 1. The molecule has 0 radical (unpaired) electrons. The number of carbonyl (C=O) groups is 2. The quantitative estimate of drug-likeness (QED) is 0.606. The molecule has 142 valence electrons. The summed E-state index contributed by atoms with van der Waals surface area (Å²) in [5.74, 6) is -0.0680. The van der Waals surface area contributed by atoms with Gasteiger partial charge >= 0.3 is 0 Å². The molecule has 8 nitrogen and oxygen atoms in total. The zero-order valence-electron chi connectivity index (χ0n) is 14.7. The highest BCUT2D eigenvalue weighted by Gasteiger charge is 2.22. The summed E-state index contributed by atoms with van der Waals surface area (Å²) in [6, 6.07) is 9.47. The van der Waals surface area contributed by atoms with Crippen molar-refractivity contribution in [3.8, 4) is 0 Å². The normalized spacial score (nSPS) is 14.7. The summed E-state index contributed by atoms with van der Waals surface area (Å²) < 4.78 is 0. The Kier molecular flexibility index (Phi) is 6.15. The maximum absolute atomic E-state index is 12.3. The Morgan fingerprint density at radius 2 is 1.81 bits per heavy atom. The number of nitro groups is 1. The van der Waals surface area contributed by atoms with Gasteiger partial charge in [0.25, 0.3) is 11.6 Å². The monoisotopic (exact) mass is 388 g/mol. The number of anilines is 1. The van der Waals surface area contributed by atoms with Crippen molar-refractivity contribution in [2.45, 2.75) is 6.42 Å². The maximum Gasteiger partial charge on any atom is 0.269 e. The lowest BCUT2D eigenvalue weighted by Crippen LogP contribution is -2.49. The van der Waals surface area contributed by atoms with Crippen molar-refractivity contribution >= 4 is 34.5 Å². The van der Waals surface area contributed by atoms with Crippen molar-refractivity contribution < 1.29 is 14.5 Å². The van der Waals surface area contributed by atoms with Gasteiger partial charge in [0.15, 0.2) is 0 Å². The molecule has 0 bridgehead atoms. The summed E-state index contributed by atoms with van der Waals surface area (Å²) in [6.45, 7) is 3.39. The van der Waals surface area contributed by atoms with E-state index < -0.39 is 4.92 Å². The average molecular weight is 388 g/mol. The fourth-order valence-electron chi connectivity index (χ4n) is 2.88. The smallest absolute Gasteiger partial charge is 0.269 e. The maximum atomic E-state index is 12.3. The first-order valence-corrected chi connectivity index (χ1v) is 9.50. The Hall–Kier alpha value is -2.78. The third-order valence-corrected chi connectivity index (χ3v) is 5.27. The van der Waals surface area contributed by atoms with Crippen molar-refractivity contribution in [1.82, 2.24) is 9.80 Å². The second-order valence-corrected chi connectivity index (χ2v) is 7.16. The van der Waals surface area contributed by atoms with Crippen LogP contribution in [-0.4, -0.2) is 59.3 Å². The van der Waals surface area contributed by atoms with Gasteiger partial charge in [-0.05, 0) is 23.6 Å². The highest BCUT2D eigenvalue weighted by molar-refractivity contribution is 7.12. The van der Waals surface area contributed by atoms with Crippen LogP contribution in [-0.2, 0) is 4.79 Å². The number of nitro benzene ring substituents is 1. The molecule has 0 spiro atoms. The van der Waals surface area contributed by atoms with Crippen LogP contribution in [0.2, 0.25) is 0 Å². The Labute approximate surface area is 160 Å². The Morgan fingerprint density at radius 3 is 2.41 bits per heavy atom. The molecule has 2 heterocycles. The van der Waals surface area contributed by atoms with Gasteiger partial charge in [-0.1, -0.05) is 6.07 Å². The van der Waals surface area contributed by atoms with E-state index >= 15 is 0 Å². The number of nitrogens with one attached hydrogen (secondary N) is 1. The summed E-state index contributed by atoms with van der Waals surface area (Å²) in [5.41, 5.74) is 0.528. The predicted octanol–water partition coefficient (Wildman–Crippen LogP) is 2.44. The molecule has 0 aliphatic carbocycles. The molecule has 1 aromatic carbocycles. The minimum Gasteiger partial charge on any atom is -0.335 e. The van der Waals surface area contributed by atoms with E-state index in [1.165, 1.54) is 35.6 Å². The standard InChI is InChI=1S/C18H20N4O4S/c23-17(19-14-3-5-15(6-4-14)22(25)26)7-8-20-9-11-21(12-10-20)18(24)16-2-1-13-27-16/h1-6,13H,7-12H2,(H,19,23). The van der Waals surface area contributed by atoms with E-state index in [0.29, 0.717) is 31.7 Å². The third-order valence-electron chi connectivity index (χ3n) is 4.41. The number of hydrogen-bond donors (Lipinski definition) is 1. The largest absolute Gasteiger partial charge is 0.335 e. The second-order valence-electron chi connectivity index (χ2n) is 6.21. The van der Waals surface area contributed by atoms with Crippen molar-refractivity contribution in [3.63, 3.8) is 0 Å². The molecule has 0 saturated carbocycles. The molecular formula is C18H20N4O4S. The first-order chi connectivity index (χ1) is 13.0. The highest BCUT2D eigenvalue weighted by Crippen LogP contribution is 2.16. The number of carbonyl (C=O) groups excluding carboxylic acids is 2. The second kappa shape index (κ2) is 8.74. The summed E-state index contributed by atoms with van der Waals surface area (Å²) in [7, 11) is 0. The van der Waals surface area contributed by atoms with Crippen molar-refractivity contribution in [3.05, 3.63) is 56.8 Å². The number of piperazine rings is 1. The van der Waals surface area contributed by atoms with Crippen LogP contribution in [0.15, 0.2) is 41.8 Å². The van der Waals surface area contributed by atoms with E-state index in [9.17, 15) is 19.7 Å². The van der Waals surface area contributed by atoms with Crippen LogP contribution >= 0.6 is 11.3 Å². The fraction of sp³-hybridized carbons (Fsp3) is 0.333. The van der Waals surface area contributed by atoms with E-state index in [1.807, 2.05) is 22.4 Å². The van der Waals surface area contributed by atoms with Crippen LogP contribution in [0.5, 0.6) is 0 Å². The number of rotatable bonds is 6. The lowest BCUT2D eigenvalue weighted by atomic mass is 10.2. The van der Waals surface area contributed by atoms with Crippen LogP contribution in [0.25, 0.3) is 0 Å². The van der Waals surface area contributed by atoms with Crippen molar-refractivity contribution in [2.24, 2.45) is 0 Å². The summed E-state index contributed by atoms with van der Waals surface area (Å²) in [5, 5.41) is 15.3. The van der Waals surface area contributed by atoms with E-state index in [0.717, 1.165) is 18.0 Å². The summed E-state index contributed by atoms with van der Waals surface area (Å²) in [4.78, 5) is 39.3. The lowest BCUT2D eigenvalue weighted by molar-refractivity contribution is -0.384. The van der Waals surface area contributed by atoms with E-state index in [4.69, 9.17) is 0 Å². The molecule has 27 heavy (non-hydrogen) atoms. The molecule has 1 aliphatic heterocycles. The molecule has 1 N–H and O–H groups in total. The van der Waals surface area contributed by atoms with Gasteiger partial charge in [0, 0.05) is 57.0 Å². The number of thiophene rings is 1. The molecule has 0 unspecified atom stereocenters. The predicted molar refractivity (Wildman–Crippen MR) is 103 cm³/mol. The van der Waals surface area contributed by atoms with Gasteiger partial charge in [-0.15, -0.1) is 11.3 Å². The van der Waals surface area contributed by atoms with Gasteiger partial charge in [0.05, 0.1) is 9.80 Å². The molecule has 1 aromatic heterocycles. The van der Waals surface area contributed by atoms with E-state index in [-0.39, 0.29) is 17.5 Å². The number of nitrogens with zero attached hydrogens (tertiary/aromatic N) is 3. The van der Waals surface area contributed by atoms with Gasteiger partial charge in [-0.25, -0.2) is 0 Å². The van der Waals surface area contributed by atoms with Gasteiger partial charge in [-0.2, -0.15) is 0 Å². The summed E-state index contributed by atoms with van der Waals surface area (Å²) in [6.07, 6.45) is 0.329. The number of hydrogen-bond acceptors (Lipinski definition) is 6. The molecular weight excluding hydrogens is 368 g/mol.